The van der Waals surface area contributed by atoms with Gasteiger partial charge < -0.3 is 25.4 Å². The van der Waals surface area contributed by atoms with Gasteiger partial charge >= 0.3 is 30.1 Å². The second-order valence-electron chi connectivity index (χ2n) is 8.33. The molecule has 0 saturated carbocycles. The van der Waals surface area contributed by atoms with Crippen LogP contribution in [0.2, 0.25) is 0 Å². The van der Waals surface area contributed by atoms with E-state index in [4.69, 9.17) is 5.73 Å². The molecular formula is C20H31F9N2O7S. The van der Waals surface area contributed by atoms with Crippen LogP contribution >= 0.6 is 12.0 Å². The number of aliphatic hydroxyl groups is 2. The van der Waals surface area contributed by atoms with Crippen LogP contribution in [0.5, 0.6) is 0 Å². The number of esters is 1. The van der Waals surface area contributed by atoms with Crippen molar-refractivity contribution in [3.63, 3.8) is 0 Å². The molecule has 0 aromatic rings. The lowest BCUT2D eigenvalue weighted by molar-refractivity contribution is -0.444. The molecule has 0 aliphatic rings. The molecule has 3 unspecified atom stereocenters. The summed E-state index contributed by atoms with van der Waals surface area (Å²) in [6.45, 7) is 2.01. The average Bonchev–Trinajstić information content (AvgIpc) is 2.83. The second kappa shape index (κ2) is 16.2. The van der Waals surface area contributed by atoms with Crippen molar-refractivity contribution in [3.05, 3.63) is 12.8 Å². The molecule has 39 heavy (non-hydrogen) atoms. The normalized spacial score (nSPS) is 16.4. The van der Waals surface area contributed by atoms with Crippen LogP contribution in [0, 0.1) is 0 Å². The highest BCUT2D eigenvalue weighted by Crippen LogP contribution is 2.53. The van der Waals surface area contributed by atoms with Gasteiger partial charge in [0.1, 0.15) is 6.10 Å². The van der Waals surface area contributed by atoms with Gasteiger partial charge in [0.2, 0.25) is 0 Å². The zero-order valence-corrected chi connectivity index (χ0v) is 21.2. The molecule has 9 nitrogen and oxygen atoms in total. The minimum atomic E-state index is -7.00. The van der Waals surface area contributed by atoms with Crippen molar-refractivity contribution in [3.8, 4) is 0 Å². The Hall–Kier alpha value is -1.35. The van der Waals surface area contributed by atoms with Crippen molar-refractivity contribution in [1.82, 2.24) is 0 Å². The van der Waals surface area contributed by atoms with E-state index >= 15 is 0 Å². The largest absolute Gasteiger partial charge is 0.460 e. The van der Waals surface area contributed by atoms with E-state index in [2.05, 4.69) is 31.3 Å². The number of carbonyl (C=O) groups excluding carboxylic acids is 1. The predicted octanol–water partition coefficient (Wildman–Crippen LogP) is 4.13. The minimum absolute atomic E-state index is 0.0000918. The lowest BCUT2D eigenvalue weighted by atomic mass is 9.89. The second-order valence-corrected chi connectivity index (χ2v) is 8.99. The van der Waals surface area contributed by atoms with Gasteiger partial charge in [0.15, 0.2) is 5.54 Å². The number of alkyl halides is 9. The molecule has 0 aliphatic heterocycles. The number of hydrogen-bond acceptors (Lipinski definition) is 10. The number of nitrogens with two attached hydrogens (primary N) is 2. The standard InChI is InChI=1S/C20H31F9N2O7S/c1-2-35-15(34)16(30,12-39-38-37-31)14(33)13(32)10-8-6-4-3-5-7-9-11-36-20(28,29)18(23,24)17(21,22)19(25,26)27/h2,13-14,32-33H,1,3-12,30-31H2. The Morgan fingerprint density at radius 3 is 1.90 bits per heavy atom. The van der Waals surface area contributed by atoms with Gasteiger partial charge in [-0.1, -0.05) is 45.1 Å². The zero-order chi connectivity index (χ0) is 30.5. The molecular weight excluding hydrogens is 583 g/mol. The molecule has 0 aromatic carbocycles. The molecule has 0 amide bonds. The van der Waals surface area contributed by atoms with Gasteiger partial charge in [0.25, 0.3) is 0 Å². The SMILES string of the molecule is C=COC(=O)C(N)(CSOON)C(O)C(O)CCCCCCCCCOC(F)(F)C(F)(F)C(F)(F)C(F)(F)F. The number of aliphatic hydroxyl groups excluding tert-OH is 2. The fourth-order valence-electron chi connectivity index (χ4n) is 3.09. The molecule has 0 spiro atoms. The first-order chi connectivity index (χ1) is 17.8. The van der Waals surface area contributed by atoms with Gasteiger partial charge in [-0.3, -0.25) is 0 Å². The number of carbonyl (C=O) groups is 1. The van der Waals surface area contributed by atoms with Crippen LogP contribution in [-0.4, -0.2) is 70.4 Å². The number of ether oxygens (including phenoxy) is 2. The Balaban J connectivity index is 4.39. The summed E-state index contributed by atoms with van der Waals surface area (Å²) in [6.07, 6.45) is -13.4. The van der Waals surface area contributed by atoms with Crippen LogP contribution in [0.15, 0.2) is 12.8 Å². The fraction of sp³-hybridized carbons (Fsp3) is 0.850. The Kier molecular flexibility index (Phi) is 15.6. The fourth-order valence-corrected chi connectivity index (χ4v) is 3.68. The van der Waals surface area contributed by atoms with Crippen molar-refractivity contribution in [1.29, 1.82) is 0 Å². The molecule has 3 atom stereocenters. The van der Waals surface area contributed by atoms with E-state index in [1.807, 2.05) is 0 Å². The van der Waals surface area contributed by atoms with E-state index in [1.165, 1.54) is 0 Å². The van der Waals surface area contributed by atoms with E-state index in [1.54, 1.807) is 0 Å². The highest BCUT2D eigenvalue weighted by molar-refractivity contribution is 7.94. The van der Waals surface area contributed by atoms with Crippen LogP contribution < -0.4 is 11.6 Å². The molecule has 19 heteroatoms. The Morgan fingerprint density at radius 2 is 1.41 bits per heavy atom. The summed E-state index contributed by atoms with van der Waals surface area (Å²) in [6, 6.07) is 0. The Morgan fingerprint density at radius 1 is 0.897 bits per heavy atom. The van der Waals surface area contributed by atoms with Crippen LogP contribution in [0.4, 0.5) is 39.5 Å². The summed E-state index contributed by atoms with van der Waals surface area (Å²) >= 11 is 0.463. The highest BCUT2D eigenvalue weighted by Gasteiger charge is 2.82. The van der Waals surface area contributed by atoms with Crippen molar-refractivity contribution in [2.75, 3.05) is 12.4 Å². The summed E-state index contributed by atoms with van der Waals surface area (Å²) in [7, 11) is 0. The van der Waals surface area contributed by atoms with Crippen LogP contribution in [-0.2, 0) is 23.6 Å². The smallest absolute Gasteiger partial charge is 0.434 e. The maximum Gasteiger partial charge on any atom is 0.460 e. The van der Waals surface area contributed by atoms with Gasteiger partial charge in [-0.2, -0.15) is 45.4 Å². The first-order valence-corrected chi connectivity index (χ1v) is 12.2. The maximum atomic E-state index is 13.3. The first-order valence-electron chi connectivity index (χ1n) is 11.3. The summed E-state index contributed by atoms with van der Waals surface area (Å²) in [5, 5.41) is 20.6. The van der Waals surface area contributed by atoms with Crippen LogP contribution in [0.3, 0.4) is 0 Å². The van der Waals surface area contributed by atoms with Crippen LogP contribution in [0.25, 0.3) is 0 Å². The van der Waals surface area contributed by atoms with E-state index < -0.39 is 60.2 Å². The van der Waals surface area contributed by atoms with Crippen molar-refractivity contribution >= 4 is 18.0 Å². The lowest BCUT2D eigenvalue weighted by Gasteiger charge is -2.33. The van der Waals surface area contributed by atoms with E-state index in [0.717, 1.165) is 6.26 Å². The molecule has 0 radical (unpaired) electrons. The summed E-state index contributed by atoms with van der Waals surface area (Å²) in [5.74, 6) is -10.7. The van der Waals surface area contributed by atoms with Crippen LogP contribution in [0.1, 0.15) is 51.4 Å². The number of hydrogen-bond donors (Lipinski definition) is 4. The van der Waals surface area contributed by atoms with E-state index in [9.17, 15) is 54.5 Å². The van der Waals surface area contributed by atoms with Crippen molar-refractivity contribution < 1.29 is 73.3 Å². The third-order valence-corrected chi connectivity index (χ3v) is 6.16. The summed E-state index contributed by atoms with van der Waals surface area (Å²) in [4.78, 5) is 16.0. The number of halogens is 9. The van der Waals surface area contributed by atoms with Crippen molar-refractivity contribution in [2.24, 2.45) is 11.6 Å². The molecule has 6 N–H and O–H groups in total. The van der Waals surface area contributed by atoms with Gasteiger partial charge in [-0.05, 0) is 12.8 Å². The zero-order valence-electron chi connectivity index (χ0n) is 20.4. The average molecular weight is 615 g/mol. The molecule has 0 fully saturated rings. The monoisotopic (exact) mass is 614 g/mol. The minimum Gasteiger partial charge on any atom is -0.434 e. The first kappa shape index (κ1) is 37.6. The van der Waals surface area contributed by atoms with Gasteiger partial charge in [0.05, 0.1) is 24.7 Å². The third kappa shape index (κ3) is 10.5. The summed E-state index contributed by atoms with van der Waals surface area (Å²) < 4.78 is 127. The highest BCUT2D eigenvalue weighted by atomic mass is 32.2. The molecule has 0 bridgehead atoms. The summed E-state index contributed by atoms with van der Waals surface area (Å²) in [5.41, 5.74) is 3.78. The molecule has 0 aromatic heterocycles. The molecule has 0 saturated heterocycles. The molecule has 0 aliphatic carbocycles. The molecule has 0 rings (SSSR count). The Bertz CT molecular complexity index is 751. The van der Waals surface area contributed by atoms with E-state index in [0.29, 0.717) is 44.1 Å². The maximum absolute atomic E-state index is 13.3. The topological polar surface area (TPSA) is 146 Å². The predicted molar refractivity (Wildman–Crippen MR) is 118 cm³/mol. The third-order valence-electron chi connectivity index (χ3n) is 5.39. The molecule has 0 heterocycles. The van der Waals surface area contributed by atoms with Crippen molar-refractivity contribution in [2.45, 2.75) is 93.2 Å². The van der Waals surface area contributed by atoms with E-state index in [-0.39, 0.29) is 19.3 Å². The molecule has 232 valence electrons. The number of rotatable bonds is 21. The quantitative estimate of drug-likeness (QED) is 0.0283. The van der Waals surface area contributed by atoms with Gasteiger partial charge in [-0.15, -0.1) is 9.32 Å². The van der Waals surface area contributed by atoms with Gasteiger partial charge in [-0.25, -0.2) is 4.79 Å². The number of unbranched alkanes of at least 4 members (excludes halogenated alkanes) is 6. The van der Waals surface area contributed by atoms with Gasteiger partial charge in [0, 0.05) is 12.0 Å². The Labute approximate surface area is 222 Å². The lowest BCUT2D eigenvalue weighted by Crippen LogP contribution is -2.63.